The Bertz CT molecular complexity index is 702. The maximum atomic E-state index is 11.9. The molecule has 3 rings (SSSR count). The lowest BCUT2D eigenvalue weighted by molar-refractivity contribution is -0.124. The molecular formula is C16H23N5O3S. The summed E-state index contributed by atoms with van der Waals surface area (Å²) in [6.07, 6.45) is 3.15. The van der Waals surface area contributed by atoms with Crippen molar-refractivity contribution in [3.8, 4) is 0 Å². The number of hydrogen-bond acceptors (Lipinski definition) is 6. The summed E-state index contributed by atoms with van der Waals surface area (Å²) in [5.74, 6) is -0.273. The molecule has 0 spiro atoms. The van der Waals surface area contributed by atoms with Crippen LogP contribution in [0.2, 0.25) is 0 Å². The van der Waals surface area contributed by atoms with Gasteiger partial charge in [-0.1, -0.05) is 32.5 Å². The number of carbonyl (C=O) groups excluding carboxylic acids is 3. The van der Waals surface area contributed by atoms with E-state index in [9.17, 15) is 14.4 Å². The molecule has 8 nitrogen and oxygen atoms in total. The van der Waals surface area contributed by atoms with Crippen LogP contribution < -0.4 is 16.4 Å². The number of primary amides is 1. The lowest BCUT2D eigenvalue weighted by Gasteiger charge is -2.34. The number of imide groups is 1. The standard InChI is InChI=1S/C16H23N5O3S/c1-15(2)8-4-5-16(15,3)10(6-8)20-21-14-19-12(23)9(25-14)7-11(22)18-13(17)24/h8-9H,4-7H2,1-3H3,(H,19,21,23)(H3,17,18,22,24)/b20-10-/t8-,9+,16-/m1/s1. The zero-order chi connectivity index (χ0) is 18.4. The SMILES string of the molecule is CC1(C)[C@@H]2CC[C@]1(C)/C(=N\N=C1\NC(=O)[C@H](CC(=O)NC(N)=O)S1)C2. The quantitative estimate of drug-likeness (QED) is 0.653. The van der Waals surface area contributed by atoms with E-state index in [1.807, 2.05) is 5.32 Å². The molecule has 2 saturated carbocycles. The third-order valence-electron chi connectivity index (χ3n) is 6.18. The molecule has 3 aliphatic rings. The van der Waals surface area contributed by atoms with Crippen molar-refractivity contribution in [3.05, 3.63) is 0 Å². The Hall–Kier alpha value is -1.90. The van der Waals surface area contributed by atoms with Gasteiger partial charge in [0.1, 0.15) is 5.25 Å². The van der Waals surface area contributed by atoms with E-state index in [0.717, 1.165) is 30.3 Å². The van der Waals surface area contributed by atoms with Crippen LogP contribution >= 0.6 is 11.8 Å². The molecule has 9 heteroatoms. The first-order valence-electron chi connectivity index (χ1n) is 8.35. The Morgan fingerprint density at radius 1 is 1.36 bits per heavy atom. The summed E-state index contributed by atoms with van der Waals surface area (Å²) in [5.41, 5.74) is 6.25. The Balaban J connectivity index is 1.67. The molecule has 2 aliphatic carbocycles. The van der Waals surface area contributed by atoms with Gasteiger partial charge in [-0.2, -0.15) is 5.10 Å². The van der Waals surface area contributed by atoms with Gasteiger partial charge in [-0.3, -0.25) is 14.9 Å². The molecule has 3 fully saturated rings. The fourth-order valence-electron chi connectivity index (χ4n) is 4.13. The van der Waals surface area contributed by atoms with Crippen LogP contribution in [0.5, 0.6) is 0 Å². The molecule has 0 aromatic carbocycles. The fraction of sp³-hybridized carbons (Fsp3) is 0.688. The molecule has 0 aromatic heterocycles. The van der Waals surface area contributed by atoms with E-state index >= 15 is 0 Å². The first kappa shape index (κ1) is 17.9. The van der Waals surface area contributed by atoms with Crippen molar-refractivity contribution in [1.82, 2.24) is 10.6 Å². The highest BCUT2D eigenvalue weighted by molar-refractivity contribution is 8.15. The number of nitrogens with one attached hydrogen (secondary N) is 2. The number of hydrogen-bond donors (Lipinski definition) is 3. The second-order valence-electron chi connectivity index (χ2n) is 7.66. The summed E-state index contributed by atoms with van der Waals surface area (Å²) in [5, 5.41) is 13.0. The largest absolute Gasteiger partial charge is 0.351 e. The average molecular weight is 365 g/mol. The number of rotatable bonds is 3. The Kier molecular flexibility index (Phi) is 4.38. The molecule has 0 radical (unpaired) electrons. The molecular weight excluding hydrogens is 342 g/mol. The van der Waals surface area contributed by atoms with Crippen LogP contribution in [0.25, 0.3) is 0 Å². The molecule has 4 N–H and O–H groups in total. The summed E-state index contributed by atoms with van der Waals surface area (Å²) in [4.78, 5) is 34.2. The van der Waals surface area contributed by atoms with E-state index in [2.05, 4.69) is 36.3 Å². The van der Waals surface area contributed by atoms with Gasteiger partial charge in [-0.05, 0) is 30.6 Å². The van der Waals surface area contributed by atoms with Crippen molar-refractivity contribution in [2.75, 3.05) is 0 Å². The number of nitrogens with zero attached hydrogens (tertiary/aromatic N) is 2. The molecule has 1 aliphatic heterocycles. The van der Waals surface area contributed by atoms with Crippen LogP contribution in [-0.2, 0) is 9.59 Å². The Labute approximate surface area is 150 Å². The molecule has 4 amide bonds. The summed E-state index contributed by atoms with van der Waals surface area (Å²) < 4.78 is 0. The number of amides is 4. The number of nitrogens with two attached hydrogens (primary N) is 1. The number of amidine groups is 1. The van der Waals surface area contributed by atoms with Gasteiger partial charge in [0, 0.05) is 17.5 Å². The first-order chi connectivity index (χ1) is 11.6. The van der Waals surface area contributed by atoms with Crippen LogP contribution in [0, 0.1) is 16.7 Å². The van der Waals surface area contributed by atoms with Gasteiger partial charge in [-0.25, -0.2) is 4.79 Å². The van der Waals surface area contributed by atoms with E-state index in [-0.39, 0.29) is 23.2 Å². The van der Waals surface area contributed by atoms with Crippen LogP contribution in [-0.4, -0.2) is 34.0 Å². The topological polar surface area (TPSA) is 126 Å². The summed E-state index contributed by atoms with van der Waals surface area (Å²) in [6.45, 7) is 6.83. The molecule has 0 aromatic rings. The van der Waals surface area contributed by atoms with Crippen molar-refractivity contribution in [3.63, 3.8) is 0 Å². The van der Waals surface area contributed by atoms with E-state index in [0.29, 0.717) is 11.1 Å². The number of fused-ring (bicyclic) bond motifs is 2. The second kappa shape index (κ2) is 6.12. The number of urea groups is 1. The average Bonchev–Trinajstić information content (AvgIpc) is 3.01. The van der Waals surface area contributed by atoms with E-state index in [1.165, 1.54) is 6.42 Å². The van der Waals surface area contributed by atoms with Gasteiger partial charge >= 0.3 is 6.03 Å². The van der Waals surface area contributed by atoms with Gasteiger partial charge in [0.15, 0.2) is 5.17 Å². The lowest BCUT2D eigenvalue weighted by Crippen LogP contribution is -2.37. The predicted octanol–water partition coefficient (Wildman–Crippen LogP) is 1.36. The van der Waals surface area contributed by atoms with Gasteiger partial charge in [0.2, 0.25) is 11.8 Å². The molecule has 3 atom stereocenters. The summed E-state index contributed by atoms with van der Waals surface area (Å²) in [7, 11) is 0. The molecule has 2 bridgehead atoms. The van der Waals surface area contributed by atoms with E-state index in [1.54, 1.807) is 0 Å². The highest BCUT2D eigenvalue weighted by atomic mass is 32.2. The van der Waals surface area contributed by atoms with Crippen LogP contribution in [0.15, 0.2) is 10.2 Å². The summed E-state index contributed by atoms with van der Waals surface area (Å²) in [6, 6.07) is -0.930. The number of thioether (sulfide) groups is 1. The van der Waals surface area contributed by atoms with Gasteiger partial charge in [0.05, 0.1) is 0 Å². The zero-order valence-corrected chi connectivity index (χ0v) is 15.4. The maximum absolute atomic E-state index is 11.9. The highest BCUT2D eigenvalue weighted by Crippen LogP contribution is 2.64. The molecule has 0 unspecified atom stereocenters. The van der Waals surface area contributed by atoms with Crippen LogP contribution in [0.4, 0.5) is 4.79 Å². The van der Waals surface area contributed by atoms with Crippen LogP contribution in [0.3, 0.4) is 0 Å². The number of carbonyl (C=O) groups is 3. The monoisotopic (exact) mass is 365 g/mol. The summed E-state index contributed by atoms with van der Waals surface area (Å²) >= 11 is 1.15. The van der Waals surface area contributed by atoms with Crippen molar-refractivity contribution in [2.24, 2.45) is 32.7 Å². The minimum absolute atomic E-state index is 0.0514. The molecule has 25 heavy (non-hydrogen) atoms. The highest BCUT2D eigenvalue weighted by Gasteiger charge is 2.60. The fourth-order valence-corrected chi connectivity index (χ4v) is 5.05. The van der Waals surface area contributed by atoms with Gasteiger partial charge in [-0.15, -0.1) is 5.10 Å². The Morgan fingerprint density at radius 2 is 2.08 bits per heavy atom. The van der Waals surface area contributed by atoms with E-state index in [4.69, 9.17) is 5.73 Å². The van der Waals surface area contributed by atoms with Crippen molar-refractivity contribution in [1.29, 1.82) is 0 Å². The zero-order valence-electron chi connectivity index (χ0n) is 14.6. The van der Waals surface area contributed by atoms with Gasteiger partial charge < -0.3 is 11.1 Å². The third-order valence-corrected chi connectivity index (χ3v) is 7.26. The van der Waals surface area contributed by atoms with Crippen molar-refractivity contribution >= 4 is 40.5 Å². The minimum atomic E-state index is -0.930. The molecule has 1 saturated heterocycles. The third kappa shape index (κ3) is 3.05. The normalized spacial score (nSPS) is 36.0. The van der Waals surface area contributed by atoms with E-state index < -0.39 is 17.2 Å². The smallest absolute Gasteiger partial charge is 0.318 e. The second-order valence-corrected chi connectivity index (χ2v) is 8.85. The molecule has 1 heterocycles. The van der Waals surface area contributed by atoms with Crippen LogP contribution in [0.1, 0.15) is 46.5 Å². The van der Waals surface area contributed by atoms with Gasteiger partial charge in [0.25, 0.3) is 0 Å². The lowest BCUT2D eigenvalue weighted by atomic mass is 9.70. The predicted molar refractivity (Wildman–Crippen MR) is 96.0 cm³/mol. The maximum Gasteiger partial charge on any atom is 0.318 e. The minimum Gasteiger partial charge on any atom is -0.351 e. The van der Waals surface area contributed by atoms with Crippen molar-refractivity contribution < 1.29 is 14.4 Å². The van der Waals surface area contributed by atoms with Crippen molar-refractivity contribution in [2.45, 2.75) is 51.7 Å². The first-order valence-corrected chi connectivity index (χ1v) is 9.23. The molecule has 136 valence electrons. The Morgan fingerprint density at radius 3 is 2.64 bits per heavy atom.